The van der Waals surface area contributed by atoms with Gasteiger partial charge in [0, 0.05) is 6.07 Å². The maximum absolute atomic E-state index is 11.5. The number of amides is 2. The maximum Gasteiger partial charge on any atom is 0.344 e. The van der Waals surface area contributed by atoms with Crippen LogP contribution in [-0.4, -0.2) is 35.3 Å². The molecule has 0 spiro atoms. The summed E-state index contributed by atoms with van der Waals surface area (Å²) >= 11 is 0.706. The van der Waals surface area contributed by atoms with Gasteiger partial charge >= 0.3 is 11.7 Å². The maximum atomic E-state index is 11.5. The average Bonchev–Trinajstić information content (AvgIpc) is 2.83. The van der Waals surface area contributed by atoms with Gasteiger partial charge in [-0.1, -0.05) is 6.07 Å². The van der Waals surface area contributed by atoms with Crippen molar-refractivity contribution in [2.75, 3.05) is 13.2 Å². The molecular formula is C14H12N2O7S. The first-order valence-corrected chi connectivity index (χ1v) is 7.54. The molecule has 1 heterocycles. The molecule has 0 aromatic heterocycles. The minimum Gasteiger partial charge on any atom is -0.475 e. The van der Waals surface area contributed by atoms with Crippen molar-refractivity contribution in [2.24, 2.45) is 0 Å². The summed E-state index contributed by atoms with van der Waals surface area (Å²) in [7, 11) is 0. The molecule has 1 saturated heterocycles. The highest BCUT2D eigenvalue weighted by Gasteiger charge is 2.25. The zero-order chi connectivity index (χ0) is 17.7. The molecule has 0 bridgehead atoms. The lowest BCUT2D eigenvalue weighted by Crippen LogP contribution is -2.17. The van der Waals surface area contributed by atoms with Gasteiger partial charge < -0.3 is 9.47 Å². The molecule has 2 rings (SSSR count). The summed E-state index contributed by atoms with van der Waals surface area (Å²) in [5, 5.41) is 12.7. The topological polar surface area (TPSA) is 125 Å². The van der Waals surface area contributed by atoms with Gasteiger partial charge in [-0.3, -0.25) is 25.0 Å². The Hall–Kier alpha value is -2.88. The second-order valence-electron chi connectivity index (χ2n) is 4.43. The molecular weight excluding hydrogens is 340 g/mol. The van der Waals surface area contributed by atoms with E-state index in [9.17, 15) is 24.5 Å². The fourth-order valence-corrected chi connectivity index (χ4v) is 2.48. The number of rotatable bonds is 6. The number of esters is 1. The average molecular weight is 352 g/mol. The number of nitrogens with one attached hydrogen (secondary N) is 1. The predicted molar refractivity (Wildman–Crippen MR) is 84.3 cm³/mol. The molecule has 2 amide bonds. The zero-order valence-electron chi connectivity index (χ0n) is 12.4. The SMILES string of the molecule is CCOC(=O)COc1ccc(/C=C2\SC(=O)NC2=O)cc1[N+](=O)[O-]. The first-order valence-electron chi connectivity index (χ1n) is 6.72. The van der Waals surface area contributed by atoms with E-state index in [1.54, 1.807) is 6.92 Å². The van der Waals surface area contributed by atoms with Crippen LogP contribution in [0, 0.1) is 10.1 Å². The van der Waals surface area contributed by atoms with Crippen molar-refractivity contribution >= 4 is 40.6 Å². The Morgan fingerprint density at radius 1 is 1.42 bits per heavy atom. The Kier molecular flexibility index (Phi) is 5.53. The summed E-state index contributed by atoms with van der Waals surface area (Å²) in [6.45, 7) is 1.35. The Morgan fingerprint density at radius 2 is 2.17 bits per heavy atom. The normalized spacial score (nSPS) is 15.3. The van der Waals surface area contributed by atoms with Gasteiger partial charge in [-0.2, -0.15) is 0 Å². The number of carbonyl (C=O) groups excluding carboxylic acids is 3. The molecule has 1 aliphatic heterocycles. The van der Waals surface area contributed by atoms with Gasteiger partial charge in [-0.15, -0.1) is 0 Å². The summed E-state index contributed by atoms with van der Waals surface area (Å²) in [5.74, 6) is -1.30. The van der Waals surface area contributed by atoms with E-state index in [1.807, 2.05) is 0 Å². The number of nitro groups is 1. The third-order valence-electron chi connectivity index (χ3n) is 2.77. The third-order valence-corrected chi connectivity index (χ3v) is 3.58. The molecule has 1 N–H and O–H groups in total. The van der Waals surface area contributed by atoms with Crippen molar-refractivity contribution in [2.45, 2.75) is 6.92 Å². The number of nitrogens with zero attached hydrogens (tertiary/aromatic N) is 1. The lowest BCUT2D eigenvalue weighted by molar-refractivity contribution is -0.385. The molecule has 0 atom stereocenters. The highest BCUT2D eigenvalue weighted by molar-refractivity contribution is 8.18. The smallest absolute Gasteiger partial charge is 0.344 e. The molecule has 0 saturated carbocycles. The number of hydrogen-bond acceptors (Lipinski definition) is 8. The van der Waals surface area contributed by atoms with E-state index in [0.29, 0.717) is 17.3 Å². The van der Waals surface area contributed by atoms with Crippen LogP contribution < -0.4 is 10.1 Å². The summed E-state index contributed by atoms with van der Waals surface area (Å²) in [6.07, 6.45) is 1.35. The number of nitro benzene ring substituents is 1. The van der Waals surface area contributed by atoms with E-state index in [2.05, 4.69) is 10.1 Å². The summed E-state index contributed by atoms with van der Waals surface area (Å²) in [5.41, 5.74) is -0.0269. The van der Waals surface area contributed by atoms with Crippen LogP contribution in [-0.2, 0) is 14.3 Å². The van der Waals surface area contributed by atoms with Gasteiger partial charge in [0.15, 0.2) is 12.4 Å². The fraction of sp³-hybridized carbons (Fsp3) is 0.214. The van der Waals surface area contributed by atoms with Crippen LogP contribution in [0.25, 0.3) is 6.08 Å². The van der Waals surface area contributed by atoms with Crippen LogP contribution in [0.4, 0.5) is 10.5 Å². The van der Waals surface area contributed by atoms with E-state index < -0.39 is 28.6 Å². The summed E-state index contributed by atoms with van der Waals surface area (Å²) in [4.78, 5) is 44.5. The molecule has 10 heteroatoms. The van der Waals surface area contributed by atoms with E-state index >= 15 is 0 Å². The van der Waals surface area contributed by atoms with Crippen molar-refractivity contribution < 1.29 is 28.8 Å². The molecule has 126 valence electrons. The highest BCUT2D eigenvalue weighted by Crippen LogP contribution is 2.31. The van der Waals surface area contributed by atoms with Crippen molar-refractivity contribution in [3.8, 4) is 5.75 Å². The van der Waals surface area contributed by atoms with Crippen molar-refractivity contribution in [1.29, 1.82) is 0 Å². The lowest BCUT2D eigenvalue weighted by Gasteiger charge is -2.07. The van der Waals surface area contributed by atoms with E-state index in [4.69, 9.17) is 4.74 Å². The molecule has 24 heavy (non-hydrogen) atoms. The number of ether oxygens (including phenoxy) is 2. The van der Waals surface area contributed by atoms with Gasteiger partial charge in [-0.25, -0.2) is 4.79 Å². The Bertz CT molecular complexity index is 745. The van der Waals surface area contributed by atoms with Gasteiger partial charge in [0.25, 0.3) is 11.1 Å². The molecule has 1 aromatic rings. The Balaban J connectivity index is 2.22. The summed E-state index contributed by atoms with van der Waals surface area (Å²) < 4.78 is 9.78. The Labute approximate surface area is 140 Å². The minimum atomic E-state index is -0.671. The van der Waals surface area contributed by atoms with Crippen molar-refractivity contribution in [3.63, 3.8) is 0 Å². The first kappa shape index (κ1) is 17.5. The molecule has 9 nitrogen and oxygen atoms in total. The molecule has 1 aromatic carbocycles. The number of imide groups is 1. The Morgan fingerprint density at radius 3 is 2.75 bits per heavy atom. The predicted octanol–water partition coefficient (Wildman–Crippen LogP) is 1.86. The standard InChI is InChI=1S/C14H12N2O7S/c1-2-22-12(17)7-23-10-4-3-8(5-9(10)16(20)21)6-11-13(18)15-14(19)24-11/h3-6H,2,7H2,1H3,(H,15,18,19)/b11-6-. The van der Waals surface area contributed by atoms with E-state index in [0.717, 1.165) is 0 Å². The number of thioether (sulfide) groups is 1. The minimum absolute atomic E-state index is 0.102. The van der Waals surface area contributed by atoms with Crippen LogP contribution in [0.2, 0.25) is 0 Å². The largest absolute Gasteiger partial charge is 0.475 e. The van der Waals surface area contributed by atoms with E-state index in [1.165, 1.54) is 24.3 Å². The molecule has 1 fully saturated rings. The number of carbonyl (C=O) groups is 3. The van der Waals surface area contributed by atoms with Gasteiger partial charge in [-0.05, 0) is 36.4 Å². The molecule has 0 radical (unpaired) electrons. The van der Waals surface area contributed by atoms with Gasteiger partial charge in [0.1, 0.15) is 0 Å². The first-order chi connectivity index (χ1) is 11.4. The second-order valence-corrected chi connectivity index (χ2v) is 5.44. The molecule has 1 aliphatic rings. The number of hydrogen-bond donors (Lipinski definition) is 1. The van der Waals surface area contributed by atoms with Gasteiger partial charge in [0.2, 0.25) is 0 Å². The quantitative estimate of drug-likeness (QED) is 0.356. The fourth-order valence-electron chi connectivity index (χ4n) is 1.80. The van der Waals surface area contributed by atoms with Crippen molar-refractivity contribution in [1.82, 2.24) is 5.32 Å². The second kappa shape index (κ2) is 7.59. The summed E-state index contributed by atoms with van der Waals surface area (Å²) in [6, 6.07) is 3.96. The highest BCUT2D eigenvalue weighted by atomic mass is 32.2. The van der Waals surface area contributed by atoms with Crippen LogP contribution in [0.15, 0.2) is 23.1 Å². The van der Waals surface area contributed by atoms with Crippen LogP contribution >= 0.6 is 11.8 Å². The van der Waals surface area contributed by atoms with Crippen molar-refractivity contribution in [3.05, 3.63) is 38.8 Å². The van der Waals surface area contributed by atoms with Crippen LogP contribution in [0.5, 0.6) is 5.75 Å². The lowest BCUT2D eigenvalue weighted by atomic mass is 10.1. The third kappa shape index (κ3) is 4.32. The monoisotopic (exact) mass is 352 g/mol. The molecule has 0 unspecified atom stereocenters. The van der Waals surface area contributed by atoms with Gasteiger partial charge in [0.05, 0.1) is 16.4 Å². The molecule has 0 aliphatic carbocycles. The van der Waals surface area contributed by atoms with Crippen LogP contribution in [0.3, 0.4) is 0 Å². The van der Waals surface area contributed by atoms with Crippen LogP contribution in [0.1, 0.15) is 12.5 Å². The zero-order valence-corrected chi connectivity index (χ0v) is 13.3. The number of benzene rings is 1. The van der Waals surface area contributed by atoms with E-state index in [-0.39, 0.29) is 22.9 Å².